The highest BCUT2D eigenvalue weighted by molar-refractivity contribution is 5.97. The lowest BCUT2D eigenvalue weighted by molar-refractivity contribution is -0.154. The van der Waals surface area contributed by atoms with Gasteiger partial charge >= 0.3 is 0 Å². The van der Waals surface area contributed by atoms with Crippen LogP contribution in [0.3, 0.4) is 0 Å². The van der Waals surface area contributed by atoms with Gasteiger partial charge in [-0.25, -0.2) is 8.78 Å². The summed E-state index contributed by atoms with van der Waals surface area (Å²) >= 11 is 0. The minimum Gasteiger partial charge on any atom is -0.342 e. The summed E-state index contributed by atoms with van der Waals surface area (Å²) < 4.78 is 25.7. The van der Waals surface area contributed by atoms with Gasteiger partial charge in [-0.1, -0.05) is 32.6 Å². The highest BCUT2D eigenvalue weighted by Crippen LogP contribution is 2.31. The molecule has 1 aliphatic heterocycles. The van der Waals surface area contributed by atoms with Crippen LogP contribution in [-0.4, -0.2) is 41.8 Å². The van der Waals surface area contributed by atoms with Gasteiger partial charge in [0.15, 0.2) is 0 Å². The van der Waals surface area contributed by atoms with Crippen molar-refractivity contribution < 1.29 is 18.4 Å². The van der Waals surface area contributed by atoms with Crippen molar-refractivity contribution in [3.8, 4) is 0 Å². The number of amides is 2. The summed E-state index contributed by atoms with van der Waals surface area (Å²) in [7, 11) is 0. The van der Waals surface area contributed by atoms with Crippen LogP contribution in [0, 0.1) is 5.92 Å². The molecule has 2 unspecified atom stereocenters. The first kappa shape index (κ1) is 16.2. The molecule has 2 rings (SSSR count). The van der Waals surface area contributed by atoms with Crippen LogP contribution in [0.25, 0.3) is 0 Å². The molecule has 1 N–H and O–H groups in total. The Labute approximate surface area is 124 Å². The number of nitrogens with one attached hydrogen (secondary N) is 1. The molecule has 0 bridgehead atoms. The third-order valence-corrected chi connectivity index (χ3v) is 4.51. The van der Waals surface area contributed by atoms with Crippen molar-refractivity contribution in [2.75, 3.05) is 6.54 Å². The molecule has 0 aromatic heterocycles. The highest BCUT2D eigenvalue weighted by atomic mass is 19.3. The average Bonchev–Trinajstić information content (AvgIpc) is 2.45. The van der Waals surface area contributed by atoms with E-state index in [2.05, 4.69) is 5.32 Å². The minimum absolute atomic E-state index is 0.0176. The SMILES string of the molecule is CCCC1NC(=O)C(C2CCCCC2)N(CC(F)F)C1=O. The molecule has 6 heteroatoms. The first-order valence-corrected chi connectivity index (χ1v) is 7.93. The second-order valence-corrected chi connectivity index (χ2v) is 6.07. The molecule has 4 nitrogen and oxygen atoms in total. The Kier molecular flexibility index (Phi) is 5.53. The van der Waals surface area contributed by atoms with Crippen molar-refractivity contribution in [1.82, 2.24) is 10.2 Å². The number of halogens is 2. The van der Waals surface area contributed by atoms with Crippen molar-refractivity contribution >= 4 is 11.8 Å². The van der Waals surface area contributed by atoms with Gasteiger partial charge in [0.05, 0.1) is 6.54 Å². The van der Waals surface area contributed by atoms with E-state index in [4.69, 9.17) is 0 Å². The van der Waals surface area contributed by atoms with E-state index < -0.39 is 25.1 Å². The molecule has 2 atom stereocenters. The predicted octanol–water partition coefficient (Wildman–Crippen LogP) is 2.33. The van der Waals surface area contributed by atoms with Crippen LogP contribution in [0.4, 0.5) is 8.78 Å². The zero-order chi connectivity index (χ0) is 15.4. The fraction of sp³-hybridized carbons (Fsp3) is 0.867. The van der Waals surface area contributed by atoms with E-state index in [1.54, 1.807) is 0 Å². The molecule has 1 aliphatic carbocycles. The number of rotatable bonds is 5. The third kappa shape index (κ3) is 3.71. The van der Waals surface area contributed by atoms with Gasteiger partial charge in [0.2, 0.25) is 11.8 Å². The smallest absolute Gasteiger partial charge is 0.255 e. The second-order valence-electron chi connectivity index (χ2n) is 6.07. The number of alkyl halides is 2. The maximum atomic E-state index is 12.8. The van der Waals surface area contributed by atoms with Gasteiger partial charge < -0.3 is 10.2 Å². The molecule has 21 heavy (non-hydrogen) atoms. The van der Waals surface area contributed by atoms with Crippen LogP contribution in [0.2, 0.25) is 0 Å². The van der Waals surface area contributed by atoms with Gasteiger partial charge in [0.1, 0.15) is 12.1 Å². The summed E-state index contributed by atoms with van der Waals surface area (Å²) in [6.07, 6.45) is 3.43. The van der Waals surface area contributed by atoms with E-state index >= 15 is 0 Å². The Morgan fingerprint density at radius 2 is 1.90 bits per heavy atom. The van der Waals surface area contributed by atoms with Gasteiger partial charge in [0.25, 0.3) is 6.43 Å². The maximum Gasteiger partial charge on any atom is 0.255 e. The Hall–Kier alpha value is -1.20. The zero-order valence-corrected chi connectivity index (χ0v) is 12.5. The maximum absolute atomic E-state index is 12.8. The van der Waals surface area contributed by atoms with Crippen LogP contribution in [-0.2, 0) is 9.59 Å². The monoisotopic (exact) mass is 302 g/mol. The van der Waals surface area contributed by atoms with Crippen LogP contribution >= 0.6 is 0 Å². The summed E-state index contributed by atoms with van der Waals surface area (Å²) in [5, 5.41) is 2.74. The van der Waals surface area contributed by atoms with E-state index in [1.807, 2.05) is 6.92 Å². The normalized spacial score (nSPS) is 28.1. The topological polar surface area (TPSA) is 49.4 Å². The number of hydrogen-bond donors (Lipinski definition) is 1. The zero-order valence-electron chi connectivity index (χ0n) is 12.5. The van der Waals surface area contributed by atoms with Gasteiger partial charge in [-0.15, -0.1) is 0 Å². The molecule has 120 valence electrons. The Balaban J connectivity index is 2.18. The number of hydrogen-bond acceptors (Lipinski definition) is 2. The first-order chi connectivity index (χ1) is 10.0. The summed E-state index contributed by atoms with van der Waals surface area (Å²) in [6.45, 7) is 1.28. The van der Waals surface area contributed by atoms with Crippen molar-refractivity contribution in [1.29, 1.82) is 0 Å². The summed E-state index contributed by atoms with van der Waals surface area (Å²) in [6, 6.07) is -1.35. The van der Waals surface area contributed by atoms with E-state index in [1.165, 1.54) is 0 Å². The molecular weight excluding hydrogens is 278 g/mol. The molecule has 0 radical (unpaired) electrons. The molecule has 0 spiro atoms. The molecule has 1 saturated carbocycles. The predicted molar refractivity (Wildman–Crippen MR) is 74.9 cm³/mol. The first-order valence-electron chi connectivity index (χ1n) is 7.93. The number of nitrogens with zero attached hydrogens (tertiary/aromatic N) is 1. The highest BCUT2D eigenvalue weighted by Gasteiger charge is 2.44. The van der Waals surface area contributed by atoms with Crippen molar-refractivity contribution in [3.63, 3.8) is 0 Å². The lowest BCUT2D eigenvalue weighted by atomic mass is 9.81. The molecule has 1 saturated heterocycles. The van der Waals surface area contributed by atoms with Gasteiger partial charge in [-0.05, 0) is 25.2 Å². The fourth-order valence-corrected chi connectivity index (χ4v) is 3.55. The minimum atomic E-state index is -2.60. The van der Waals surface area contributed by atoms with Gasteiger partial charge in [0, 0.05) is 0 Å². The summed E-state index contributed by atoms with van der Waals surface area (Å²) in [5.74, 6) is -0.572. The molecule has 1 heterocycles. The van der Waals surface area contributed by atoms with E-state index in [9.17, 15) is 18.4 Å². The Morgan fingerprint density at radius 1 is 1.24 bits per heavy atom. The molecular formula is C15H24F2N2O2. The summed E-state index contributed by atoms with van der Waals surface area (Å²) in [5.41, 5.74) is 0. The third-order valence-electron chi connectivity index (χ3n) is 4.51. The van der Waals surface area contributed by atoms with Crippen molar-refractivity contribution in [2.45, 2.75) is 70.4 Å². The van der Waals surface area contributed by atoms with Crippen LogP contribution in [0.5, 0.6) is 0 Å². The van der Waals surface area contributed by atoms with Crippen molar-refractivity contribution in [2.24, 2.45) is 5.92 Å². The van der Waals surface area contributed by atoms with Crippen LogP contribution in [0.15, 0.2) is 0 Å². The average molecular weight is 302 g/mol. The number of piperazine rings is 1. The molecule has 2 fully saturated rings. The fourth-order valence-electron chi connectivity index (χ4n) is 3.55. The molecule has 2 aliphatic rings. The molecule has 0 aromatic carbocycles. The largest absolute Gasteiger partial charge is 0.342 e. The number of carbonyl (C=O) groups is 2. The Bertz CT molecular complexity index is 384. The van der Waals surface area contributed by atoms with Gasteiger partial charge in [-0.2, -0.15) is 0 Å². The standard InChI is InChI=1S/C15H24F2N2O2/c1-2-6-11-15(21)19(9-12(16)17)13(14(20)18-11)10-7-4-3-5-8-10/h10-13H,2-9H2,1H3,(H,18,20). The van der Waals surface area contributed by atoms with E-state index in [0.717, 1.165) is 43.4 Å². The molecule has 0 aromatic rings. The van der Waals surface area contributed by atoms with Gasteiger partial charge in [-0.3, -0.25) is 9.59 Å². The summed E-state index contributed by atoms with van der Waals surface area (Å²) in [4.78, 5) is 25.9. The lowest BCUT2D eigenvalue weighted by Crippen LogP contribution is -2.66. The van der Waals surface area contributed by atoms with Crippen LogP contribution in [0.1, 0.15) is 51.9 Å². The molecule has 2 amide bonds. The van der Waals surface area contributed by atoms with E-state index in [0.29, 0.717) is 6.42 Å². The quantitative estimate of drug-likeness (QED) is 0.847. The number of carbonyl (C=O) groups excluding carboxylic acids is 2. The lowest BCUT2D eigenvalue weighted by Gasteiger charge is -2.43. The second kappa shape index (κ2) is 7.18. The van der Waals surface area contributed by atoms with E-state index in [-0.39, 0.29) is 17.7 Å². The Morgan fingerprint density at radius 3 is 2.48 bits per heavy atom. The van der Waals surface area contributed by atoms with Crippen LogP contribution < -0.4 is 5.32 Å². The van der Waals surface area contributed by atoms with Crippen molar-refractivity contribution in [3.05, 3.63) is 0 Å².